The van der Waals surface area contributed by atoms with E-state index in [0.717, 1.165) is 55.3 Å². The lowest BCUT2D eigenvalue weighted by atomic mass is 9.97. The molecule has 8 rings (SSSR count). The molecule has 752 valence electrons. The number of amides is 2. The van der Waals surface area contributed by atoms with Gasteiger partial charge in [-0.1, -0.05) is 49.9 Å². The second kappa shape index (κ2) is 60.5. The van der Waals surface area contributed by atoms with E-state index in [2.05, 4.69) is 39.2 Å². The van der Waals surface area contributed by atoms with Crippen molar-refractivity contribution in [2.24, 2.45) is 5.73 Å². The first-order valence-corrected chi connectivity index (χ1v) is 45.0. The third-order valence-corrected chi connectivity index (χ3v) is 23.2. The number of carbonyl (C=O) groups excluding carboxylic acids is 2. The summed E-state index contributed by atoms with van der Waals surface area (Å²) >= 11 is 9.52. The number of carbonyl (C=O) groups is 8. The molecule has 0 saturated carbocycles. The number of anilines is 2. The Morgan fingerprint density at radius 1 is 0.409 bits per heavy atom. The fourth-order valence-electron chi connectivity index (χ4n) is 15.3. The van der Waals surface area contributed by atoms with E-state index in [1.165, 1.54) is 0 Å². The summed E-state index contributed by atoms with van der Waals surface area (Å²) in [5.74, 6) is -6.44. The number of rotatable bonds is 48. The van der Waals surface area contributed by atoms with Crippen LogP contribution < -0.4 is 32.3 Å². The van der Waals surface area contributed by atoms with Gasteiger partial charge in [-0.05, 0) is 92.7 Å². The number of benzene rings is 2. The minimum Gasteiger partial charge on any atom is -0.480 e. The summed E-state index contributed by atoms with van der Waals surface area (Å²) in [5.41, 5.74) is 8.76. The van der Waals surface area contributed by atoms with Crippen molar-refractivity contribution in [2.45, 2.75) is 225 Å². The number of carboxylic acid groups (broad SMARTS) is 6. The lowest BCUT2D eigenvalue weighted by Crippen LogP contribution is -2.64. The molecule has 6 aliphatic rings. The number of aliphatic hydroxyl groups excluding tert-OH is 14. The Morgan fingerprint density at radius 3 is 1.07 bits per heavy atom. The van der Waals surface area contributed by atoms with Gasteiger partial charge in [0.2, 0.25) is 11.8 Å². The number of nitrogens with zero attached hydrogens (tertiary/aromatic N) is 6. The highest BCUT2D eigenvalue weighted by Crippen LogP contribution is 2.33. The van der Waals surface area contributed by atoms with Crippen molar-refractivity contribution in [1.82, 2.24) is 45.3 Å². The van der Waals surface area contributed by atoms with Gasteiger partial charge in [-0.25, -0.2) is 0 Å². The van der Waals surface area contributed by atoms with E-state index >= 15 is 0 Å². The van der Waals surface area contributed by atoms with Crippen molar-refractivity contribution < 1.29 is 178 Å². The van der Waals surface area contributed by atoms with Crippen LogP contribution in [0.5, 0.6) is 0 Å². The number of hydrogen-bond donors (Lipinski definition) is 27. The first-order chi connectivity index (χ1) is 63.0. The van der Waals surface area contributed by atoms with Gasteiger partial charge in [-0.3, -0.25) is 67.8 Å². The highest BCUT2D eigenvalue weighted by Gasteiger charge is 2.53. The van der Waals surface area contributed by atoms with Gasteiger partial charge in [0.15, 0.2) is 30.3 Å². The Kier molecular flexibility index (Phi) is 52.0. The summed E-state index contributed by atoms with van der Waals surface area (Å²) in [6.07, 6.45) is -23.3. The number of thiol groups is 1. The number of hydrogen-bond acceptors (Lipinski definition) is 40. The van der Waals surface area contributed by atoms with Crippen LogP contribution in [0.3, 0.4) is 0 Å². The molecule has 132 heavy (non-hydrogen) atoms. The zero-order valence-electron chi connectivity index (χ0n) is 73.5. The molecule has 6 fully saturated rings. The molecule has 2 aromatic carbocycles. The largest absolute Gasteiger partial charge is 0.480 e. The van der Waals surface area contributed by atoms with E-state index in [1.807, 2.05) is 24.3 Å². The van der Waals surface area contributed by atoms with Crippen molar-refractivity contribution >= 4 is 89.0 Å². The molecule has 6 heterocycles. The number of ether oxygens (including phenoxy) is 8. The molecule has 0 spiro atoms. The van der Waals surface area contributed by atoms with Gasteiger partial charge in [0.05, 0.1) is 58.5 Å². The lowest BCUT2D eigenvalue weighted by molar-refractivity contribution is -0.359. The minimum atomic E-state index is -1.76. The third kappa shape index (κ3) is 38.8. The normalized spacial score (nSPS) is 28.5. The van der Waals surface area contributed by atoms with Crippen molar-refractivity contribution in [3.8, 4) is 0 Å². The molecular weight excluding hydrogens is 1790 g/mol. The van der Waals surface area contributed by atoms with Gasteiger partial charge in [0, 0.05) is 136 Å². The second-order valence-electron chi connectivity index (χ2n) is 32.6. The van der Waals surface area contributed by atoms with Gasteiger partial charge in [-0.2, -0.15) is 12.6 Å². The summed E-state index contributed by atoms with van der Waals surface area (Å²) < 4.78 is 43.9. The molecule has 0 radical (unpaired) electrons. The summed E-state index contributed by atoms with van der Waals surface area (Å²) in [6, 6.07) is 12.7. The number of nitrogens with two attached hydrogens (primary N) is 1. The van der Waals surface area contributed by atoms with Crippen LogP contribution in [0.1, 0.15) is 88.2 Å². The Balaban J connectivity index is 0.000000340. The Hall–Kier alpha value is -7.12. The maximum absolute atomic E-state index is 12.8. The average molecular weight is 1930 g/mol. The molecule has 6 saturated heterocycles. The van der Waals surface area contributed by atoms with Crippen LogP contribution in [0.25, 0.3) is 0 Å². The Morgan fingerprint density at radius 2 is 0.735 bits per heavy atom. The van der Waals surface area contributed by atoms with Crippen LogP contribution in [0.4, 0.5) is 11.4 Å². The van der Waals surface area contributed by atoms with E-state index in [1.54, 1.807) is 53.7 Å². The average Bonchev–Trinajstić information content (AvgIpc) is 0.829. The topological polar surface area (TPSA) is 721 Å². The smallest absolute Gasteiger partial charge is 0.320 e. The molecule has 2 aromatic rings. The Bertz CT molecular complexity index is 3680. The number of nitrogens with one attached hydrogen (secondary N) is 5. The van der Waals surface area contributed by atoms with Crippen molar-refractivity contribution in [3.05, 3.63) is 59.7 Å². The van der Waals surface area contributed by atoms with E-state index in [0.29, 0.717) is 102 Å². The van der Waals surface area contributed by atoms with Crippen LogP contribution in [-0.4, -0.2) is 483 Å². The molecule has 6 aliphatic heterocycles. The van der Waals surface area contributed by atoms with Crippen LogP contribution in [-0.2, 0) is 89.3 Å². The molecule has 2 amide bonds. The van der Waals surface area contributed by atoms with Gasteiger partial charge < -0.3 is 172 Å². The number of carboxylic acids is 6. The van der Waals surface area contributed by atoms with Crippen LogP contribution in [0.2, 0.25) is 0 Å². The molecular formula is C82H136N12O36S2. The number of unbranched alkanes of at least 4 members (excludes halogenated alkanes) is 6. The van der Waals surface area contributed by atoms with Gasteiger partial charge >= 0.3 is 35.8 Å². The monoisotopic (exact) mass is 1930 g/mol. The maximum Gasteiger partial charge on any atom is 0.320 e. The zero-order chi connectivity index (χ0) is 97.1. The summed E-state index contributed by atoms with van der Waals surface area (Å²) in [4.78, 5) is 105. The van der Waals surface area contributed by atoms with Crippen LogP contribution in [0, 0.1) is 0 Å². The first kappa shape index (κ1) is 114. The van der Waals surface area contributed by atoms with E-state index in [4.69, 9.17) is 55.8 Å². The minimum absolute atomic E-state index is 0.0000803. The third-order valence-electron chi connectivity index (χ3n) is 22.8. The molecule has 22 atom stereocenters. The van der Waals surface area contributed by atoms with Gasteiger partial charge in [0.25, 0.3) is 0 Å². The highest BCUT2D eigenvalue weighted by atomic mass is 32.1. The number of aliphatic carboxylic acids is 6. The highest BCUT2D eigenvalue weighted by molar-refractivity contribution is 7.80. The summed E-state index contributed by atoms with van der Waals surface area (Å²) in [5, 5.41) is 213. The maximum atomic E-state index is 12.8. The van der Waals surface area contributed by atoms with E-state index in [9.17, 15) is 140 Å². The van der Waals surface area contributed by atoms with Crippen LogP contribution >= 0.6 is 24.8 Å². The predicted molar refractivity (Wildman–Crippen MR) is 470 cm³/mol. The molecule has 48 nitrogen and oxygen atoms in total. The number of thiocarbonyl (C=S) groups is 1. The summed E-state index contributed by atoms with van der Waals surface area (Å²) in [7, 11) is 0. The zero-order valence-corrected chi connectivity index (χ0v) is 75.2. The van der Waals surface area contributed by atoms with Crippen molar-refractivity contribution in [2.75, 3.05) is 174 Å². The fourth-order valence-corrected chi connectivity index (χ4v) is 15.7. The predicted octanol–water partition coefficient (Wildman–Crippen LogP) is -7.82. The molecule has 10 unspecified atom stereocenters. The SMILES string of the molecule is NCCCCCCO[C@@H]1OC(CO)[C@@H](O[C@@H]2OC(CO)[C@H](O)[C@H](O)C2O)[C@H](O)C1O.O=C(O)CN1CCN(CC(=O)O)CCN(C(CCC(=O)NCc2ccc(NC(=S)NCCCCCCO[C@@H]3OC(CO)[C@@H](O[C@@H]4OC(CO)[C@H](O)[C@H](O)C4O)[C@H](O)C3O)cc2)C(=O)O)CC1.O=C(O)CN1CCN(CC(=O)O)CCN(C(CCC(=O)NCc2ccc(NCS)cc2)C(=O)O)CC1. The molecule has 0 bridgehead atoms. The van der Waals surface area contributed by atoms with Gasteiger partial charge in [-0.15, -0.1) is 0 Å². The van der Waals surface area contributed by atoms with Crippen LogP contribution in [0.15, 0.2) is 48.5 Å². The fraction of sp³-hybridized carbons (Fsp3) is 0.744. The Labute approximate surface area is 773 Å². The van der Waals surface area contributed by atoms with E-state index in [-0.39, 0.29) is 110 Å². The molecule has 50 heteroatoms. The standard InChI is InChI=1S/C41H66N6O18S.C23H35N5O7S.C18H35NO11/c48-22-27-32(55)33(56)35(58)40(63-27)65-37-28(23-49)64-39(36(59)34(37)57)62-18-4-2-1-3-11-42-41(66)44-25-7-5-24(6-8-25)19-43-29(50)10-9-26(38(60)61)47-16-14-45(20-30(51)52)12-13-46(15-17-47)21-31(53)54;29-20(24-13-17-1-3-18(4-2-17)25-16-36)6-5-19(23(34)35)28-11-9-26(14-21(30)31)7-8-27(10-12-28)15-22(32)33;19-5-3-1-2-4-6-27-17-15(26)13(24)16(10(8-21)29-17)30-18-14(25)12(23)11(22)9(7-20)28-18/h5-8,26-28,32-37,39-40,48-49,55-59H,1-4,9-23H2,(H,43,50)(H,51,52)(H,53,54)(H,60,61)(H2,42,44,66);1-4,19,25,36H,5-16H2,(H,24,29)(H,30,31)(H,32,33)(H,34,35);9-18,20-26H,1-8,19H2/t26?,27?,28?,32-,33-,34+,35?,36?,37+,39+,40-;;9?,10?,11-,12-,13+,14?,15?,16+,17+,18-/m0.0/s1. The molecule has 0 aliphatic carbocycles. The lowest BCUT2D eigenvalue weighted by Gasteiger charge is -2.45. The number of aliphatic hydroxyl groups is 14. The first-order valence-electron chi connectivity index (χ1n) is 43.9. The summed E-state index contributed by atoms with van der Waals surface area (Å²) in [6.45, 7) is 2.15. The van der Waals surface area contributed by atoms with E-state index < -0.39 is 197 Å². The van der Waals surface area contributed by atoms with Gasteiger partial charge in [0.1, 0.15) is 110 Å². The quantitative estimate of drug-likeness (QED) is 0.0127. The van der Waals surface area contributed by atoms with Crippen molar-refractivity contribution in [1.29, 1.82) is 0 Å². The van der Waals surface area contributed by atoms with Crippen molar-refractivity contribution in [3.63, 3.8) is 0 Å². The molecule has 0 aromatic heterocycles. The second-order valence-corrected chi connectivity index (χ2v) is 33.3. The molecule has 27 N–H and O–H groups in total.